The summed E-state index contributed by atoms with van der Waals surface area (Å²) in [5.41, 5.74) is 5.89. The topological polar surface area (TPSA) is 169 Å². The number of nitrogens with zero attached hydrogens (tertiary/aromatic N) is 1. The summed E-state index contributed by atoms with van der Waals surface area (Å²) in [6, 6.07) is 24.4. The van der Waals surface area contributed by atoms with Crippen LogP contribution in [0.2, 0.25) is 0 Å². The summed E-state index contributed by atoms with van der Waals surface area (Å²) in [5.74, 6) is -5.59. The van der Waals surface area contributed by atoms with Crippen LogP contribution in [0.5, 0.6) is 5.88 Å². The van der Waals surface area contributed by atoms with Gasteiger partial charge in [0.15, 0.2) is 18.4 Å². The molecule has 214 valence electrons. The zero-order valence-electron chi connectivity index (χ0n) is 22.0. The fourth-order valence-electron chi connectivity index (χ4n) is 4.24. The maximum absolute atomic E-state index is 13.2. The van der Waals surface area contributed by atoms with Crippen molar-refractivity contribution >= 4 is 23.8 Å². The Labute approximate surface area is 239 Å². The van der Waals surface area contributed by atoms with E-state index in [-0.39, 0.29) is 34.9 Å². The molecule has 12 heteroatoms. The van der Waals surface area contributed by atoms with Crippen LogP contribution in [-0.2, 0) is 18.9 Å². The SMILES string of the molecule is NC(=O)c1[nH]cnc1O[C@@]1(COC(=O)c2ccccc2)OC[C@H](OC(=O)c2ccccc2)[C@@H]1OC(=O)c1ccccc1. The van der Waals surface area contributed by atoms with E-state index in [0.717, 1.165) is 6.33 Å². The van der Waals surface area contributed by atoms with Crippen LogP contribution in [0.3, 0.4) is 0 Å². The van der Waals surface area contributed by atoms with Gasteiger partial charge in [0, 0.05) is 0 Å². The van der Waals surface area contributed by atoms with Gasteiger partial charge < -0.3 is 34.4 Å². The number of primary amides is 1. The lowest BCUT2D eigenvalue weighted by atomic mass is 10.1. The highest BCUT2D eigenvalue weighted by molar-refractivity contribution is 5.93. The van der Waals surface area contributed by atoms with Gasteiger partial charge in [0.25, 0.3) is 11.7 Å². The molecule has 1 saturated heterocycles. The molecule has 42 heavy (non-hydrogen) atoms. The fraction of sp³-hybridized carbons (Fsp3) is 0.167. The number of aromatic nitrogens is 2. The second-order valence-corrected chi connectivity index (χ2v) is 9.12. The van der Waals surface area contributed by atoms with E-state index in [1.165, 1.54) is 12.1 Å². The number of amides is 1. The van der Waals surface area contributed by atoms with E-state index in [2.05, 4.69) is 9.97 Å². The first-order valence-electron chi connectivity index (χ1n) is 12.8. The van der Waals surface area contributed by atoms with Crippen molar-refractivity contribution in [2.24, 2.45) is 5.73 Å². The zero-order valence-corrected chi connectivity index (χ0v) is 22.0. The van der Waals surface area contributed by atoms with Crippen LogP contribution in [-0.4, -0.2) is 65.0 Å². The Morgan fingerprint density at radius 3 is 1.88 bits per heavy atom. The van der Waals surface area contributed by atoms with Crippen molar-refractivity contribution in [3.05, 3.63) is 120 Å². The second-order valence-electron chi connectivity index (χ2n) is 9.12. The summed E-state index contributed by atoms with van der Waals surface area (Å²) in [6.45, 7) is -0.984. The quantitative estimate of drug-likeness (QED) is 0.213. The van der Waals surface area contributed by atoms with Gasteiger partial charge in [-0.15, -0.1) is 0 Å². The summed E-state index contributed by atoms with van der Waals surface area (Å²) >= 11 is 0. The third-order valence-corrected chi connectivity index (χ3v) is 6.31. The van der Waals surface area contributed by atoms with Crippen molar-refractivity contribution in [2.75, 3.05) is 13.2 Å². The van der Waals surface area contributed by atoms with Crippen LogP contribution < -0.4 is 10.5 Å². The lowest BCUT2D eigenvalue weighted by Crippen LogP contribution is -2.55. The average Bonchev–Trinajstić information content (AvgIpc) is 3.62. The highest BCUT2D eigenvalue weighted by atomic mass is 16.8. The average molecular weight is 572 g/mol. The van der Waals surface area contributed by atoms with Crippen molar-refractivity contribution in [3.63, 3.8) is 0 Å². The van der Waals surface area contributed by atoms with E-state index >= 15 is 0 Å². The number of rotatable bonds is 10. The number of imidazole rings is 1. The Kier molecular flexibility index (Phi) is 8.25. The molecule has 1 aliphatic rings. The van der Waals surface area contributed by atoms with E-state index in [1.807, 2.05) is 0 Å². The minimum Gasteiger partial charge on any atom is -0.455 e. The number of esters is 3. The number of ether oxygens (including phenoxy) is 5. The van der Waals surface area contributed by atoms with Crippen LogP contribution in [0, 0.1) is 0 Å². The smallest absolute Gasteiger partial charge is 0.338 e. The maximum atomic E-state index is 13.2. The molecule has 4 aromatic rings. The Bertz CT molecular complexity index is 1560. The van der Waals surface area contributed by atoms with Gasteiger partial charge in [-0.2, -0.15) is 0 Å². The molecule has 0 saturated carbocycles. The van der Waals surface area contributed by atoms with E-state index in [9.17, 15) is 19.2 Å². The number of nitrogens with one attached hydrogen (secondary N) is 1. The van der Waals surface area contributed by atoms with Crippen molar-refractivity contribution in [1.82, 2.24) is 9.97 Å². The van der Waals surface area contributed by atoms with Crippen LogP contribution in [0.4, 0.5) is 0 Å². The predicted molar refractivity (Wildman–Crippen MR) is 144 cm³/mol. The number of carbonyl (C=O) groups excluding carboxylic acids is 4. The van der Waals surface area contributed by atoms with Gasteiger partial charge in [0.1, 0.15) is 0 Å². The molecule has 3 aromatic carbocycles. The number of H-pyrrole nitrogens is 1. The Morgan fingerprint density at radius 1 is 0.810 bits per heavy atom. The van der Waals surface area contributed by atoms with Crippen LogP contribution in [0.1, 0.15) is 41.6 Å². The molecule has 0 unspecified atom stereocenters. The molecule has 1 aromatic heterocycles. The summed E-state index contributed by atoms with van der Waals surface area (Å²) in [5, 5.41) is 0. The van der Waals surface area contributed by atoms with Crippen molar-refractivity contribution in [1.29, 1.82) is 0 Å². The number of carbonyl (C=O) groups is 4. The van der Waals surface area contributed by atoms with Crippen molar-refractivity contribution in [3.8, 4) is 5.88 Å². The lowest BCUT2D eigenvalue weighted by molar-refractivity contribution is -0.218. The number of nitrogens with two attached hydrogens (primary N) is 1. The molecule has 3 atom stereocenters. The molecule has 0 bridgehead atoms. The monoisotopic (exact) mass is 571 g/mol. The highest BCUT2D eigenvalue weighted by Crippen LogP contribution is 2.36. The number of hydrogen-bond donors (Lipinski definition) is 2. The fourth-order valence-corrected chi connectivity index (χ4v) is 4.24. The Hall–Kier alpha value is -5.49. The molecular formula is C30H25N3O9. The van der Waals surface area contributed by atoms with Gasteiger partial charge in [0.05, 0.1) is 29.6 Å². The molecule has 5 rings (SSSR count). The number of hydrogen-bond acceptors (Lipinski definition) is 10. The minimum absolute atomic E-state index is 0.185. The van der Waals surface area contributed by atoms with Crippen LogP contribution in [0.15, 0.2) is 97.3 Å². The van der Waals surface area contributed by atoms with E-state index in [1.54, 1.807) is 78.9 Å². The van der Waals surface area contributed by atoms with E-state index in [4.69, 9.17) is 29.4 Å². The molecule has 1 aliphatic heterocycles. The van der Waals surface area contributed by atoms with Gasteiger partial charge in [-0.1, -0.05) is 54.6 Å². The van der Waals surface area contributed by atoms with Crippen LogP contribution in [0.25, 0.3) is 0 Å². The third kappa shape index (κ3) is 6.13. The number of aromatic amines is 1. The first-order chi connectivity index (χ1) is 20.4. The van der Waals surface area contributed by atoms with E-state index in [0.29, 0.717) is 0 Å². The largest absolute Gasteiger partial charge is 0.455 e. The molecule has 2 heterocycles. The van der Waals surface area contributed by atoms with Crippen LogP contribution >= 0.6 is 0 Å². The summed E-state index contributed by atoms with van der Waals surface area (Å²) in [7, 11) is 0. The predicted octanol–water partition coefficient (Wildman–Crippen LogP) is 2.92. The van der Waals surface area contributed by atoms with Crippen molar-refractivity contribution < 1.29 is 42.9 Å². The molecule has 1 fully saturated rings. The first-order valence-corrected chi connectivity index (χ1v) is 12.8. The highest BCUT2D eigenvalue weighted by Gasteiger charge is 2.59. The lowest BCUT2D eigenvalue weighted by Gasteiger charge is -2.33. The minimum atomic E-state index is -2.12. The Balaban J connectivity index is 1.51. The molecule has 12 nitrogen and oxygen atoms in total. The molecule has 1 amide bonds. The standard InChI is InChI=1S/C30H25N3O9/c31-25(34)23-26(33-18-32-23)42-30(17-38-27(35)19-10-4-1-5-11-19)24(41-29(37)21-14-8-3-9-15-21)22(16-39-30)40-28(36)20-12-6-2-7-13-20/h1-15,18,22,24H,16-17H2,(H2,31,34)(H,32,33)/t22-,24-,30+/m0/s1. The van der Waals surface area contributed by atoms with Gasteiger partial charge in [0.2, 0.25) is 12.0 Å². The summed E-state index contributed by atoms with van der Waals surface area (Å²) < 4.78 is 29.1. The first kappa shape index (κ1) is 28.1. The van der Waals surface area contributed by atoms with Gasteiger partial charge in [-0.3, -0.25) is 4.79 Å². The third-order valence-electron chi connectivity index (χ3n) is 6.31. The van der Waals surface area contributed by atoms with Crippen molar-refractivity contribution in [2.45, 2.75) is 18.0 Å². The summed E-state index contributed by atoms with van der Waals surface area (Å²) in [6.07, 6.45) is -1.57. The molecule has 0 radical (unpaired) electrons. The van der Waals surface area contributed by atoms with Gasteiger partial charge >= 0.3 is 17.9 Å². The summed E-state index contributed by atoms with van der Waals surface area (Å²) in [4.78, 5) is 57.7. The van der Waals surface area contributed by atoms with Gasteiger partial charge in [-0.25, -0.2) is 19.4 Å². The zero-order chi connectivity index (χ0) is 29.5. The Morgan fingerprint density at radius 2 is 1.33 bits per heavy atom. The molecule has 0 aliphatic carbocycles. The van der Waals surface area contributed by atoms with E-state index < -0.39 is 48.4 Å². The van der Waals surface area contributed by atoms with Gasteiger partial charge in [-0.05, 0) is 36.4 Å². The normalized spacial score (nSPS) is 19.4. The number of benzene rings is 3. The molecule has 3 N–H and O–H groups in total. The maximum Gasteiger partial charge on any atom is 0.338 e. The molecule has 0 spiro atoms. The second kappa shape index (κ2) is 12.4. The molecular weight excluding hydrogens is 546 g/mol.